The third-order valence-corrected chi connectivity index (χ3v) is 3.30. The smallest absolute Gasteiger partial charge is 0.335 e. The molecule has 5 heteroatoms. The van der Waals surface area contributed by atoms with Gasteiger partial charge in [-0.2, -0.15) is 0 Å². The molecule has 1 saturated heterocycles. The Morgan fingerprint density at radius 3 is 2.83 bits per heavy atom. The first-order valence-electron chi connectivity index (χ1n) is 6.08. The summed E-state index contributed by atoms with van der Waals surface area (Å²) < 4.78 is 4.69. The molecule has 1 amide bonds. The topological polar surface area (TPSA) is 70.8 Å². The Balaban J connectivity index is 2.09. The summed E-state index contributed by atoms with van der Waals surface area (Å²) in [6.45, 7) is 2.93. The van der Waals surface area contributed by atoms with Crippen molar-refractivity contribution in [3.05, 3.63) is 34.4 Å². The number of hydrogen-bond donors (Lipinski definition) is 1. The highest BCUT2D eigenvalue weighted by molar-refractivity contribution is 5.93. The van der Waals surface area contributed by atoms with Crippen molar-refractivity contribution in [1.82, 2.24) is 4.90 Å². The van der Waals surface area contributed by atoms with Crippen molar-refractivity contribution in [2.45, 2.75) is 31.8 Å². The van der Waals surface area contributed by atoms with Gasteiger partial charge in [0.25, 0.3) is 5.91 Å². The summed E-state index contributed by atoms with van der Waals surface area (Å²) in [6, 6.07) is 2.71. The van der Waals surface area contributed by atoms with Crippen LogP contribution in [0.3, 0.4) is 0 Å². The number of nitrogens with zero attached hydrogens (tertiary/aromatic N) is 1. The van der Waals surface area contributed by atoms with Gasteiger partial charge in [0.1, 0.15) is 6.26 Å². The largest absolute Gasteiger partial charge is 0.430 e. The molecule has 0 radical (unpaired) electrons. The third-order valence-electron chi connectivity index (χ3n) is 3.30. The van der Waals surface area contributed by atoms with Crippen LogP contribution in [0.25, 0.3) is 0 Å². The van der Waals surface area contributed by atoms with E-state index in [1.54, 1.807) is 11.8 Å². The van der Waals surface area contributed by atoms with Crippen LogP contribution < -0.4 is 5.63 Å². The summed E-state index contributed by atoms with van der Waals surface area (Å²) in [5.41, 5.74) is -0.792. The normalized spacial score (nSPS) is 24.7. The van der Waals surface area contributed by atoms with Gasteiger partial charge in [-0.3, -0.25) is 4.79 Å². The molecule has 5 nitrogen and oxygen atoms in total. The van der Waals surface area contributed by atoms with Crippen molar-refractivity contribution in [2.24, 2.45) is 0 Å². The first kappa shape index (κ1) is 12.8. The minimum Gasteiger partial charge on any atom is -0.430 e. The van der Waals surface area contributed by atoms with Gasteiger partial charge >= 0.3 is 5.63 Å². The second-order valence-corrected chi connectivity index (χ2v) is 4.99. The van der Waals surface area contributed by atoms with E-state index in [1.807, 2.05) is 0 Å². The number of amides is 1. The van der Waals surface area contributed by atoms with Crippen molar-refractivity contribution < 1.29 is 14.3 Å². The summed E-state index contributed by atoms with van der Waals surface area (Å²) in [5, 5.41) is 9.96. The van der Waals surface area contributed by atoms with Gasteiger partial charge in [-0.05, 0) is 32.3 Å². The zero-order chi connectivity index (χ0) is 13.2. The second kappa shape index (κ2) is 4.94. The molecule has 1 N–H and O–H groups in total. The summed E-state index contributed by atoms with van der Waals surface area (Å²) in [7, 11) is 0. The lowest BCUT2D eigenvalue weighted by Gasteiger charge is -2.22. The maximum absolute atomic E-state index is 12.2. The monoisotopic (exact) mass is 251 g/mol. The highest BCUT2D eigenvalue weighted by Crippen LogP contribution is 2.22. The van der Waals surface area contributed by atoms with Crippen LogP contribution in [0.2, 0.25) is 0 Å². The lowest BCUT2D eigenvalue weighted by molar-refractivity contribution is 0.0437. The molecule has 0 saturated carbocycles. The summed E-state index contributed by atoms with van der Waals surface area (Å²) in [6.07, 6.45) is 3.22. The van der Waals surface area contributed by atoms with E-state index in [0.29, 0.717) is 31.5 Å². The van der Waals surface area contributed by atoms with Crippen LogP contribution in [0.15, 0.2) is 27.6 Å². The molecule has 0 aromatic carbocycles. The quantitative estimate of drug-likeness (QED) is 0.808. The predicted octanol–water partition coefficient (Wildman–Crippen LogP) is 1.02. The molecule has 1 aliphatic rings. The van der Waals surface area contributed by atoms with Crippen molar-refractivity contribution >= 4 is 5.91 Å². The number of carbonyl (C=O) groups is 1. The zero-order valence-corrected chi connectivity index (χ0v) is 10.4. The van der Waals surface area contributed by atoms with E-state index in [0.717, 1.165) is 6.42 Å². The molecule has 1 unspecified atom stereocenters. The van der Waals surface area contributed by atoms with Crippen LogP contribution in [-0.2, 0) is 0 Å². The molecule has 1 fully saturated rings. The molecule has 2 heterocycles. The Labute approximate surface area is 105 Å². The van der Waals surface area contributed by atoms with Gasteiger partial charge in [-0.15, -0.1) is 0 Å². The third kappa shape index (κ3) is 2.98. The van der Waals surface area contributed by atoms with Crippen LogP contribution in [0, 0.1) is 0 Å². The minimum atomic E-state index is -0.696. The van der Waals surface area contributed by atoms with Crippen molar-refractivity contribution in [2.75, 3.05) is 13.1 Å². The van der Waals surface area contributed by atoms with Gasteiger partial charge < -0.3 is 14.4 Å². The molecule has 1 aromatic rings. The Morgan fingerprint density at radius 2 is 2.17 bits per heavy atom. The van der Waals surface area contributed by atoms with E-state index in [9.17, 15) is 14.7 Å². The van der Waals surface area contributed by atoms with Crippen molar-refractivity contribution in [1.29, 1.82) is 0 Å². The minimum absolute atomic E-state index is 0.156. The number of aliphatic hydroxyl groups is 1. The highest BCUT2D eigenvalue weighted by Gasteiger charge is 2.27. The molecule has 1 aromatic heterocycles. The Morgan fingerprint density at radius 1 is 1.39 bits per heavy atom. The molecule has 98 valence electrons. The van der Waals surface area contributed by atoms with E-state index in [2.05, 4.69) is 4.42 Å². The van der Waals surface area contributed by atoms with Crippen molar-refractivity contribution in [3.8, 4) is 0 Å². The van der Waals surface area contributed by atoms with Crippen LogP contribution in [-0.4, -0.2) is 34.6 Å². The fourth-order valence-corrected chi connectivity index (χ4v) is 2.13. The van der Waals surface area contributed by atoms with Crippen LogP contribution in [0.1, 0.15) is 36.5 Å². The van der Waals surface area contributed by atoms with E-state index in [-0.39, 0.29) is 5.91 Å². The molecule has 0 spiro atoms. The summed E-state index contributed by atoms with van der Waals surface area (Å²) in [5.74, 6) is -0.156. The fourth-order valence-electron chi connectivity index (χ4n) is 2.13. The van der Waals surface area contributed by atoms with Crippen LogP contribution in [0.5, 0.6) is 0 Å². The predicted molar refractivity (Wildman–Crippen MR) is 65.4 cm³/mol. The Kier molecular flexibility index (Phi) is 3.52. The lowest BCUT2D eigenvalue weighted by atomic mass is 9.98. The van der Waals surface area contributed by atoms with Gasteiger partial charge in [-0.1, -0.05) is 0 Å². The number of hydrogen-bond acceptors (Lipinski definition) is 4. The number of carbonyl (C=O) groups excluding carboxylic acids is 1. The molecular weight excluding hydrogens is 234 g/mol. The number of likely N-dealkylation sites (tertiary alicyclic amines) is 1. The van der Waals surface area contributed by atoms with E-state index >= 15 is 0 Å². The average Bonchev–Trinajstić information content (AvgIpc) is 2.50. The molecule has 1 atom stereocenters. The molecule has 18 heavy (non-hydrogen) atoms. The Bertz CT molecular complexity index is 472. The second-order valence-electron chi connectivity index (χ2n) is 4.99. The lowest BCUT2D eigenvalue weighted by Crippen LogP contribution is -2.33. The summed E-state index contributed by atoms with van der Waals surface area (Å²) >= 11 is 0. The molecule has 1 aliphatic heterocycles. The van der Waals surface area contributed by atoms with Gasteiger partial charge in [-0.25, -0.2) is 4.79 Å². The van der Waals surface area contributed by atoms with Gasteiger partial charge in [0, 0.05) is 19.2 Å². The molecule has 0 bridgehead atoms. The van der Waals surface area contributed by atoms with Gasteiger partial charge in [0.2, 0.25) is 0 Å². The van der Waals surface area contributed by atoms with Gasteiger partial charge in [0.15, 0.2) is 0 Å². The molecular formula is C13H17NO4. The highest BCUT2D eigenvalue weighted by atomic mass is 16.4. The van der Waals surface area contributed by atoms with E-state index in [4.69, 9.17) is 0 Å². The van der Waals surface area contributed by atoms with E-state index < -0.39 is 11.2 Å². The number of rotatable bonds is 1. The van der Waals surface area contributed by atoms with Crippen LogP contribution in [0.4, 0.5) is 0 Å². The van der Waals surface area contributed by atoms with Gasteiger partial charge in [0.05, 0.1) is 11.2 Å². The first-order valence-corrected chi connectivity index (χ1v) is 6.08. The fraction of sp³-hybridized carbons (Fsp3) is 0.538. The average molecular weight is 251 g/mol. The first-order chi connectivity index (χ1) is 8.48. The van der Waals surface area contributed by atoms with Crippen molar-refractivity contribution in [3.63, 3.8) is 0 Å². The van der Waals surface area contributed by atoms with E-state index in [1.165, 1.54) is 18.4 Å². The summed E-state index contributed by atoms with van der Waals surface area (Å²) in [4.78, 5) is 24.7. The maximum Gasteiger partial charge on any atom is 0.335 e. The molecule has 0 aliphatic carbocycles. The standard InChI is InChI=1S/C13H17NO4/c1-13(17)5-2-7-14(8-6-13)12(16)10-3-4-11(15)18-9-10/h3-4,9,17H,2,5-8H2,1H3. The Hall–Kier alpha value is -1.62. The molecule has 2 rings (SSSR count). The zero-order valence-electron chi connectivity index (χ0n) is 10.4. The SMILES string of the molecule is CC1(O)CCCN(C(=O)c2ccc(=O)oc2)CC1. The maximum atomic E-state index is 12.2. The van der Waals surface area contributed by atoms with Crippen LogP contribution >= 0.6 is 0 Å².